The quantitative estimate of drug-likeness (QED) is 0.559. The van der Waals surface area contributed by atoms with Crippen molar-refractivity contribution in [3.8, 4) is 0 Å². The molecule has 3 atom stereocenters. The van der Waals surface area contributed by atoms with Crippen molar-refractivity contribution in [3.05, 3.63) is 0 Å². The molecule has 2 saturated heterocycles. The van der Waals surface area contributed by atoms with Crippen LogP contribution >= 0.6 is 0 Å². The third kappa shape index (κ3) is 3.84. The fourth-order valence-electron chi connectivity index (χ4n) is 3.27. The van der Waals surface area contributed by atoms with Gasteiger partial charge in [-0.25, -0.2) is 4.79 Å². The lowest BCUT2D eigenvalue weighted by atomic mass is 10.2. The van der Waals surface area contributed by atoms with Gasteiger partial charge in [-0.05, 0) is 32.6 Å². The molecule has 0 aromatic rings. The number of carbonyl (C=O) groups is 4. The normalized spacial score (nSPS) is 24.8. The largest absolute Gasteiger partial charge is 0.480 e. The first-order valence-corrected chi connectivity index (χ1v) is 8.19. The van der Waals surface area contributed by atoms with Gasteiger partial charge in [0, 0.05) is 13.1 Å². The number of carboxylic acid groups (broad SMARTS) is 1. The summed E-state index contributed by atoms with van der Waals surface area (Å²) in [5.41, 5.74) is 5.59. The minimum absolute atomic E-state index is 0.265. The highest BCUT2D eigenvalue weighted by atomic mass is 16.4. The number of nitrogens with one attached hydrogen (secondary N) is 1. The summed E-state index contributed by atoms with van der Waals surface area (Å²) in [6.45, 7) is 2.15. The number of carboxylic acids is 1. The van der Waals surface area contributed by atoms with Crippen molar-refractivity contribution in [2.24, 2.45) is 5.73 Å². The number of nitrogens with two attached hydrogens (primary N) is 1. The maximum Gasteiger partial charge on any atom is 0.326 e. The molecule has 3 unspecified atom stereocenters. The number of amides is 3. The smallest absolute Gasteiger partial charge is 0.326 e. The van der Waals surface area contributed by atoms with Gasteiger partial charge in [0.25, 0.3) is 0 Å². The first-order chi connectivity index (χ1) is 11.3. The van der Waals surface area contributed by atoms with E-state index >= 15 is 0 Å². The van der Waals surface area contributed by atoms with Crippen LogP contribution in [-0.4, -0.2) is 76.4 Å². The van der Waals surface area contributed by atoms with Gasteiger partial charge in [-0.15, -0.1) is 0 Å². The van der Waals surface area contributed by atoms with Gasteiger partial charge in [-0.3, -0.25) is 14.4 Å². The van der Waals surface area contributed by atoms with Crippen molar-refractivity contribution in [1.82, 2.24) is 15.1 Å². The Morgan fingerprint density at radius 2 is 1.71 bits per heavy atom. The molecular formula is C15H24N4O5. The van der Waals surface area contributed by atoms with Crippen molar-refractivity contribution >= 4 is 23.7 Å². The van der Waals surface area contributed by atoms with Crippen LogP contribution in [0.3, 0.4) is 0 Å². The lowest BCUT2D eigenvalue weighted by Crippen LogP contribution is -2.52. The first-order valence-electron chi connectivity index (χ1n) is 8.19. The lowest BCUT2D eigenvalue weighted by molar-refractivity contribution is -0.148. The minimum Gasteiger partial charge on any atom is -0.480 e. The second-order valence-electron chi connectivity index (χ2n) is 6.28. The van der Waals surface area contributed by atoms with Crippen LogP contribution in [0.25, 0.3) is 0 Å². The second-order valence-corrected chi connectivity index (χ2v) is 6.28. The molecule has 2 aliphatic rings. The number of nitrogens with zero attached hydrogens (tertiary/aromatic N) is 2. The van der Waals surface area contributed by atoms with E-state index in [4.69, 9.17) is 10.8 Å². The van der Waals surface area contributed by atoms with Crippen molar-refractivity contribution in [3.63, 3.8) is 0 Å². The van der Waals surface area contributed by atoms with Crippen molar-refractivity contribution in [1.29, 1.82) is 0 Å². The molecule has 0 spiro atoms. The summed E-state index contributed by atoms with van der Waals surface area (Å²) in [6, 6.07) is -2.12. The summed E-state index contributed by atoms with van der Waals surface area (Å²) < 4.78 is 0. The van der Waals surface area contributed by atoms with E-state index in [1.165, 1.54) is 9.80 Å². The Balaban J connectivity index is 1.89. The average molecular weight is 340 g/mol. The van der Waals surface area contributed by atoms with E-state index < -0.39 is 35.9 Å². The molecule has 0 radical (unpaired) electrons. The van der Waals surface area contributed by atoms with E-state index in [1.807, 2.05) is 0 Å². The van der Waals surface area contributed by atoms with Gasteiger partial charge in [-0.1, -0.05) is 0 Å². The Kier molecular flexibility index (Phi) is 5.76. The minimum atomic E-state index is -1.03. The zero-order chi connectivity index (χ0) is 17.9. The van der Waals surface area contributed by atoms with Crippen LogP contribution in [-0.2, 0) is 19.2 Å². The summed E-state index contributed by atoms with van der Waals surface area (Å²) in [5, 5.41) is 11.6. The lowest BCUT2D eigenvalue weighted by Gasteiger charge is -2.26. The monoisotopic (exact) mass is 340 g/mol. The maximum absolute atomic E-state index is 12.3. The molecule has 2 aliphatic heterocycles. The Labute approximate surface area is 140 Å². The molecule has 2 rings (SSSR count). The third-order valence-electron chi connectivity index (χ3n) is 4.50. The second kappa shape index (κ2) is 7.61. The SMILES string of the molecule is CC(N)C(=O)N1CCCC1C(=O)NCC(=O)N1CCCC1C(=O)O. The number of likely N-dealkylation sites (tertiary alicyclic amines) is 2. The van der Waals surface area contributed by atoms with Gasteiger partial charge >= 0.3 is 5.97 Å². The Hall–Kier alpha value is -2.16. The van der Waals surface area contributed by atoms with Crippen molar-refractivity contribution in [2.45, 2.75) is 50.7 Å². The van der Waals surface area contributed by atoms with Crippen LogP contribution in [0.5, 0.6) is 0 Å². The first kappa shape index (κ1) is 18.2. The molecule has 9 nitrogen and oxygen atoms in total. The molecule has 9 heteroatoms. The number of hydrogen-bond donors (Lipinski definition) is 3. The molecule has 0 bridgehead atoms. The predicted molar refractivity (Wildman–Crippen MR) is 83.8 cm³/mol. The Morgan fingerprint density at radius 3 is 2.29 bits per heavy atom. The van der Waals surface area contributed by atoms with Crippen LogP contribution in [0.4, 0.5) is 0 Å². The van der Waals surface area contributed by atoms with Crippen LogP contribution in [0.2, 0.25) is 0 Å². The average Bonchev–Trinajstić information content (AvgIpc) is 3.19. The molecule has 0 aromatic heterocycles. The molecule has 134 valence electrons. The Bertz CT molecular complexity index is 536. The summed E-state index contributed by atoms with van der Waals surface area (Å²) >= 11 is 0. The summed E-state index contributed by atoms with van der Waals surface area (Å²) in [6.07, 6.45) is 2.29. The highest BCUT2D eigenvalue weighted by molar-refractivity contribution is 5.93. The fraction of sp³-hybridized carbons (Fsp3) is 0.733. The van der Waals surface area contributed by atoms with Crippen LogP contribution in [0.15, 0.2) is 0 Å². The zero-order valence-electron chi connectivity index (χ0n) is 13.7. The van der Waals surface area contributed by atoms with Gasteiger partial charge in [0.2, 0.25) is 17.7 Å². The third-order valence-corrected chi connectivity index (χ3v) is 4.50. The van der Waals surface area contributed by atoms with E-state index in [0.717, 1.165) is 0 Å². The van der Waals surface area contributed by atoms with Crippen molar-refractivity contribution in [2.75, 3.05) is 19.6 Å². The Morgan fingerprint density at radius 1 is 1.12 bits per heavy atom. The van der Waals surface area contributed by atoms with E-state index in [-0.39, 0.29) is 12.5 Å². The number of hydrogen-bond acceptors (Lipinski definition) is 5. The topological polar surface area (TPSA) is 133 Å². The summed E-state index contributed by atoms with van der Waals surface area (Å²) in [4.78, 5) is 50.3. The molecule has 0 aliphatic carbocycles. The fourth-order valence-corrected chi connectivity index (χ4v) is 3.27. The highest BCUT2D eigenvalue weighted by Gasteiger charge is 2.37. The van der Waals surface area contributed by atoms with E-state index in [0.29, 0.717) is 38.8 Å². The van der Waals surface area contributed by atoms with Gasteiger partial charge < -0.3 is 26.0 Å². The maximum atomic E-state index is 12.3. The van der Waals surface area contributed by atoms with E-state index in [1.54, 1.807) is 6.92 Å². The predicted octanol–water partition coefficient (Wildman–Crippen LogP) is -1.48. The van der Waals surface area contributed by atoms with Crippen LogP contribution < -0.4 is 11.1 Å². The number of rotatable bonds is 5. The molecule has 2 fully saturated rings. The van der Waals surface area contributed by atoms with Crippen LogP contribution in [0, 0.1) is 0 Å². The zero-order valence-corrected chi connectivity index (χ0v) is 13.7. The molecule has 3 amide bonds. The van der Waals surface area contributed by atoms with Gasteiger partial charge in [0.1, 0.15) is 12.1 Å². The van der Waals surface area contributed by atoms with Crippen LogP contribution in [0.1, 0.15) is 32.6 Å². The molecule has 0 aromatic carbocycles. The standard InChI is InChI=1S/C15H24N4O5/c1-9(16)14(22)19-7-2-4-10(19)13(21)17-8-12(20)18-6-3-5-11(18)15(23)24/h9-11H,2-8,16H2,1H3,(H,17,21)(H,23,24). The molecule has 2 heterocycles. The molecule has 24 heavy (non-hydrogen) atoms. The van der Waals surface area contributed by atoms with E-state index in [2.05, 4.69) is 5.32 Å². The number of carbonyl (C=O) groups excluding carboxylic acids is 3. The highest BCUT2D eigenvalue weighted by Crippen LogP contribution is 2.19. The van der Waals surface area contributed by atoms with Crippen molar-refractivity contribution < 1.29 is 24.3 Å². The summed E-state index contributed by atoms with van der Waals surface area (Å²) in [7, 11) is 0. The molecule has 4 N–H and O–H groups in total. The molecular weight excluding hydrogens is 316 g/mol. The van der Waals surface area contributed by atoms with E-state index in [9.17, 15) is 19.2 Å². The molecule has 0 saturated carbocycles. The van der Waals surface area contributed by atoms with Gasteiger partial charge in [0.15, 0.2) is 0 Å². The number of aliphatic carboxylic acids is 1. The van der Waals surface area contributed by atoms with Gasteiger partial charge in [-0.2, -0.15) is 0 Å². The van der Waals surface area contributed by atoms with Gasteiger partial charge in [0.05, 0.1) is 12.6 Å². The summed E-state index contributed by atoms with van der Waals surface area (Å²) in [5.74, 6) is -2.14.